The molecule has 4 atom stereocenters. The van der Waals surface area contributed by atoms with Crippen LogP contribution >= 0.6 is 11.5 Å². The number of carbonyl (C=O) groups excluding carboxylic acids is 1. The van der Waals surface area contributed by atoms with Crippen molar-refractivity contribution in [2.24, 2.45) is 0 Å². The molecule has 9 nitrogen and oxygen atoms in total. The van der Waals surface area contributed by atoms with Crippen LogP contribution in [0.5, 0.6) is 5.19 Å². The highest BCUT2D eigenvalue weighted by Gasteiger charge is 2.50. The number of aromatic nitrogens is 4. The maximum atomic E-state index is 14.9. The van der Waals surface area contributed by atoms with E-state index in [1.54, 1.807) is 0 Å². The lowest BCUT2D eigenvalue weighted by molar-refractivity contribution is -0.0986. The monoisotopic (exact) mass is 528 g/mol. The topological polar surface area (TPSA) is 106 Å². The molecule has 1 saturated heterocycles. The van der Waals surface area contributed by atoms with E-state index in [1.807, 2.05) is 20.8 Å². The van der Waals surface area contributed by atoms with Crippen LogP contribution in [-0.4, -0.2) is 67.8 Å². The summed E-state index contributed by atoms with van der Waals surface area (Å²) < 4.78 is 58.5. The fraction of sp³-hybridized carbons (Fsp3) is 0.783. The van der Waals surface area contributed by atoms with E-state index in [1.165, 1.54) is 4.90 Å². The standard InChI is InChI=1S/C23H31F3N6O3S/c1-12(2)17-28-21(36-31-17)34-15-5-4-6-23(25,26)16(15)27-20(33)32-9-7-22(3,8-10-32)19-29-18(35-30-19)13-11-14(13)24/h12-16H,4-11H2,1-3H3,(H,27,33)/t13-,14+,15+,16-/m1/s1. The second kappa shape index (κ2) is 9.46. The molecule has 2 aromatic rings. The Hall–Kier alpha value is -2.44. The lowest BCUT2D eigenvalue weighted by Crippen LogP contribution is -2.61. The Labute approximate surface area is 211 Å². The molecule has 0 bridgehead atoms. The summed E-state index contributed by atoms with van der Waals surface area (Å²) in [5, 5.41) is 6.84. The quantitative estimate of drug-likeness (QED) is 0.586. The predicted molar refractivity (Wildman–Crippen MR) is 124 cm³/mol. The summed E-state index contributed by atoms with van der Waals surface area (Å²) in [7, 11) is 0. The number of rotatable bonds is 6. The highest BCUT2D eigenvalue weighted by Crippen LogP contribution is 2.44. The molecule has 2 amide bonds. The van der Waals surface area contributed by atoms with E-state index < -0.39 is 35.7 Å². The van der Waals surface area contributed by atoms with Crippen LogP contribution in [0, 0.1) is 0 Å². The van der Waals surface area contributed by atoms with Gasteiger partial charge in [0.15, 0.2) is 5.82 Å². The number of piperidine rings is 1. The summed E-state index contributed by atoms with van der Waals surface area (Å²) >= 11 is 1.03. The van der Waals surface area contributed by atoms with E-state index in [0.717, 1.165) is 11.5 Å². The summed E-state index contributed by atoms with van der Waals surface area (Å²) in [6.07, 6.45) is 0.00558. The van der Waals surface area contributed by atoms with Crippen molar-refractivity contribution in [1.29, 1.82) is 0 Å². The third kappa shape index (κ3) is 5.03. The van der Waals surface area contributed by atoms with Gasteiger partial charge in [-0.25, -0.2) is 18.0 Å². The second-order valence-electron chi connectivity index (χ2n) is 10.7. The fourth-order valence-electron chi connectivity index (χ4n) is 4.79. The molecule has 2 aromatic heterocycles. The Balaban J connectivity index is 1.21. The van der Waals surface area contributed by atoms with Gasteiger partial charge in [-0.3, -0.25) is 0 Å². The van der Waals surface area contributed by atoms with Gasteiger partial charge in [0.25, 0.3) is 11.1 Å². The molecule has 5 rings (SSSR count). The van der Waals surface area contributed by atoms with Gasteiger partial charge in [0.1, 0.15) is 24.1 Å². The Morgan fingerprint density at radius 3 is 2.61 bits per heavy atom. The van der Waals surface area contributed by atoms with Gasteiger partial charge in [-0.05, 0) is 32.1 Å². The number of alkyl halides is 3. The largest absolute Gasteiger partial charge is 0.463 e. The number of carbonyl (C=O) groups is 1. The molecule has 13 heteroatoms. The summed E-state index contributed by atoms with van der Waals surface area (Å²) in [4.78, 5) is 23.3. The summed E-state index contributed by atoms with van der Waals surface area (Å²) in [6, 6.07) is -2.02. The van der Waals surface area contributed by atoms with E-state index in [-0.39, 0.29) is 23.5 Å². The van der Waals surface area contributed by atoms with Crippen LogP contribution in [0.3, 0.4) is 0 Å². The van der Waals surface area contributed by atoms with Gasteiger partial charge < -0.3 is 19.5 Å². The van der Waals surface area contributed by atoms with Crippen LogP contribution in [0.2, 0.25) is 0 Å². The first-order valence-electron chi connectivity index (χ1n) is 12.5. The SMILES string of the molecule is CC(C)c1nsc(O[C@H]2CCCC(F)(F)[C@@H]2NC(=O)N2CCC(C)(c3noc([C@@H]4C[C@@H]4F)n3)CC2)n1. The van der Waals surface area contributed by atoms with Crippen molar-refractivity contribution >= 4 is 17.6 Å². The van der Waals surface area contributed by atoms with Gasteiger partial charge in [0.2, 0.25) is 5.89 Å². The van der Waals surface area contributed by atoms with Crippen LogP contribution in [0.15, 0.2) is 4.52 Å². The Morgan fingerprint density at radius 2 is 1.97 bits per heavy atom. The zero-order chi connectivity index (χ0) is 25.7. The molecule has 0 aromatic carbocycles. The molecule has 2 saturated carbocycles. The molecular formula is C23H31F3N6O3S. The average Bonchev–Trinajstić information content (AvgIpc) is 3.20. The van der Waals surface area contributed by atoms with Crippen molar-refractivity contribution in [2.75, 3.05) is 13.1 Å². The van der Waals surface area contributed by atoms with Crippen LogP contribution in [-0.2, 0) is 5.41 Å². The molecule has 1 aliphatic heterocycles. The van der Waals surface area contributed by atoms with Crippen molar-refractivity contribution in [3.8, 4) is 5.19 Å². The van der Waals surface area contributed by atoms with Gasteiger partial charge in [0, 0.05) is 42.4 Å². The minimum atomic E-state index is -3.10. The van der Waals surface area contributed by atoms with Crippen molar-refractivity contribution in [3.05, 3.63) is 17.5 Å². The number of likely N-dealkylation sites (tertiary alicyclic amines) is 1. The smallest absolute Gasteiger partial charge is 0.317 e. The van der Waals surface area contributed by atoms with E-state index in [0.29, 0.717) is 62.7 Å². The minimum absolute atomic E-state index is 0.0973. The second-order valence-corrected chi connectivity index (χ2v) is 11.4. The minimum Gasteiger partial charge on any atom is -0.463 e. The molecule has 3 heterocycles. The van der Waals surface area contributed by atoms with Crippen LogP contribution in [0.25, 0.3) is 0 Å². The number of hydrogen-bond acceptors (Lipinski definition) is 8. The highest BCUT2D eigenvalue weighted by molar-refractivity contribution is 7.07. The summed E-state index contributed by atoms with van der Waals surface area (Å²) in [5.74, 6) is -1.90. The maximum absolute atomic E-state index is 14.9. The number of amides is 2. The number of hydrogen-bond donors (Lipinski definition) is 1. The molecule has 3 aliphatic rings. The van der Waals surface area contributed by atoms with E-state index in [9.17, 15) is 18.0 Å². The number of halogens is 3. The zero-order valence-corrected chi connectivity index (χ0v) is 21.4. The van der Waals surface area contributed by atoms with Crippen LogP contribution < -0.4 is 10.1 Å². The van der Waals surface area contributed by atoms with Crippen molar-refractivity contribution < 1.29 is 27.2 Å². The lowest BCUT2D eigenvalue weighted by Gasteiger charge is -2.41. The zero-order valence-electron chi connectivity index (χ0n) is 20.5. The van der Waals surface area contributed by atoms with Crippen molar-refractivity contribution in [2.45, 2.75) is 101 Å². The van der Waals surface area contributed by atoms with Gasteiger partial charge in [-0.15, -0.1) is 0 Å². The van der Waals surface area contributed by atoms with Gasteiger partial charge in [-0.2, -0.15) is 14.3 Å². The lowest BCUT2D eigenvalue weighted by atomic mass is 9.79. The van der Waals surface area contributed by atoms with Crippen LogP contribution in [0.1, 0.15) is 88.7 Å². The third-order valence-corrected chi connectivity index (χ3v) is 8.08. The molecular weight excluding hydrogens is 497 g/mol. The third-order valence-electron chi connectivity index (χ3n) is 7.46. The molecule has 2 aliphatic carbocycles. The Bertz CT molecular complexity index is 1090. The molecule has 36 heavy (non-hydrogen) atoms. The average molecular weight is 529 g/mol. The number of urea groups is 1. The summed E-state index contributed by atoms with van der Waals surface area (Å²) in [6.45, 7) is 6.55. The maximum Gasteiger partial charge on any atom is 0.317 e. The first kappa shape index (κ1) is 25.2. The molecule has 0 unspecified atom stereocenters. The first-order chi connectivity index (χ1) is 17.1. The van der Waals surface area contributed by atoms with Crippen molar-refractivity contribution in [3.63, 3.8) is 0 Å². The normalized spacial score (nSPS) is 29.2. The number of nitrogens with zero attached hydrogens (tertiary/aromatic N) is 5. The van der Waals surface area contributed by atoms with Gasteiger partial charge >= 0.3 is 6.03 Å². The van der Waals surface area contributed by atoms with E-state index in [2.05, 4.69) is 24.8 Å². The molecule has 3 fully saturated rings. The first-order valence-corrected chi connectivity index (χ1v) is 13.2. The van der Waals surface area contributed by atoms with Crippen molar-refractivity contribution in [1.82, 2.24) is 29.7 Å². The number of ether oxygens (including phenoxy) is 1. The van der Waals surface area contributed by atoms with Gasteiger partial charge in [-0.1, -0.05) is 25.9 Å². The van der Waals surface area contributed by atoms with Gasteiger partial charge in [0.05, 0.1) is 5.92 Å². The summed E-state index contributed by atoms with van der Waals surface area (Å²) in [5.41, 5.74) is -0.439. The predicted octanol–water partition coefficient (Wildman–Crippen LogP) is 4.57. The Kier molecular flexibility index (Phi) is 6.63. The molecule has 0 spiro atoms. The molecule has 1 N–H and O–H groups in total. The fourth-order valence-corrected chi connectivity index (χ4v) is 5.52. The van der Waals surface area contributed by atoms with Crippen LogP contribution in [0.4, 0.5) is 18.0 Å². The molecule has 0 radical (unpaired) electrons. The number of nitrogens with one attached hydrogen (secondary N) is 1. The van der Waals surface area contributed by atoms with E-state index >= 15 is 0 Å². The van der Waals surface area contributed by atoms with E-state index in [4.69, 9.17) is 9.26 Å². The highest BCUT2D eigenvalue weighted by atomic mass is 32.1. The Morgan fingerprint density at radius 1 is 1.25 bits per heavy atom. The molecule has 198 valence electrons.